The van der Waals surface area contributed by atoms with Crippen LogP contribution >= 0.6 is 0 Å². The Labute approximate surface area is 132 Å². The van der Waals surface area contributed by atoms with E-state index in [2.05, 4.69) is 23.1 Å². The molecule has 0 aromatic heterocycles. The smallest absolute Gasteiger partial charge is 0.100 e. The second kappa shape index (κ2) is 6.61. The van der Waals surface area contributed by atoms with E-state index in [1.54, 1.807) is 0 Å². The van der Waals surface area contributed by atoms with Crippen LogP contribution in [0.3, 0.4) is 0 Å². The third kappa shape index (κ3) is 3.38. The number of benzene rings is 2. The normalized spacial score (nSPS) is 18.8. The van der Waals surface area contributed by atoms with E-state index in [0.717, 1.165) is 43.0 Å². The van der Waals surface area contributed by atoms with E-state index in [1.807, 2.05) is 43.3 Å². The zero-order chi connectivity index (χ0) is 15.4. The molecule has 1 aliphatic rings. The third-order valence-corrected chi connectivity index (χ3v) is 4.23. The Hall–Kier alpha value is -1.68. The number of morpholine rings is 1. The predicted molar refractivity (Wildman–Crippen MR) is 88.7 cm³/mol. The van der Waals surface area contributed by atoms with Gasteiger partial charge in [0.05, 0.1) is 13.2 Å². The van der Waals surface area contributed by atoms with Crippen molar-refractivity contribution in [2.75, 3.05) is 32.8 Å². The number of ether oxygens (including phenoxy) is 1. The lowest BCUT2D eigenvalue weighted by atomic mass is 9.88. The van der Waals surface area contributed by atoms with Gasteiger partial charge in [-0.25, -0.2) is 0 Å². The molecule has 1 fully saturated rings. The standard InChI is InChI=1S/C19H23NO2/c1-19(21,15-20-11-13-22-14-12-20)18-10-6-5-9-17(18)16-7-3-2-4-8-16/h2-10,21H,11-15H2,1H3. The zero-order valence-electron chi connectivity index (χ0n) is 13.0. The van der Waals surface area contributed by atoms with Gasteiger partial charge in [0.2, 0.25) is 0 Å². The van der Waals surface area contributed by atoms with E-state index in [1.165, 1.54) is 0 Å². The van der Waals surface area contributed by atoms with Crippen molar-refractivity contribution in [1.29, 1.82) is 0 Å². The maximum absolute atomic E-state index is 11.1. The lowest BCUT2D eigenvalue weighted by molar-refractivity contribution is -0.0251. The molecule has 0 bridgehead atoms. The van der Waals surface area contributed by atoms with Crippen LogP contribution in [0.2, 0.25) is 0 Å². The Morgan fingerprint density at radius 3 is 2.36 bits per heavy atom. The molecule has 0 aliphatic carbocycles. The van der Waals surface area contributed by atoms with Gasteiger partial charge < -0.3 is 9.84 Å². The van der Waals surface area contributed by atoms with Crippen LogP contribution < -0.4 is 0 Å². The van der Waals surface area contributed by atoms with Crippen LogP contribution in [-0.4, -0.2) is 42.9 Å². The highest BCUT2D eigenvalue weighted by Gasteiger charge is 2.29. The molecular formula is C19H23NO2. The lowest BCUT2D eigenvalue weighted by Crippen LogP contribution is -2.44. The molecule has 22 heavy (non-hydrogen) atoms. The summed E-state index contributed by atoms with van der Waals surface area (Å²) in [5.74, 6) is 0. The van der Waals surface area contributed by atoms with E-state index in [4.69, 9.17) is 4.74 Å². The van der Waals surface area contributed by atoms with Gasteiger partial charge in [-0.3, -0.25) is 4.90 Å². The molecule has 0 amide bonds. The van der Waals surface area contributed by atoms with Crippen molar-refractivity contribution in [2.24, 2.45) is 0 Å². The second-order valence-corrected chi connectivity index (χ2v) is 6.07. The second-order valence-electron chi connectivity index (χ2n) is 6.07. The van der Waals surface area contributed by atoms with Crippen LogP contribution in [0.25, 0.3) is 11.1 Å². The third-order valence-electron chi connectivity index (χ3n) is 4.23. The lowest BCUT2D eigenvalue weighted by Gasteiger charge is -2.35. The molecule has 1 heterocycles. The molecule has 1 atom stereocenters. The van der Waals surface area contributed by atoms with Crippen LogP contribution in [-0.2, 0) is 10.3 Å². The van der Waals surface area contributed by atoms with E-state index < -0.39 is 5.60 Å². The summed E-state index contributed by atoms with van der Waals surface area (Å²) in [6.45, 7) is 5.78. The van der Waals surface area contributed by atoms with Gasteiger partial charge in [0, 0.05) is 19.6 Å². The summed E-state index contributed by atoms with van der Waals surface area (Å²) < 4.78 is 5.39. The fourth-order valence-electron chi connectivity index (χ4n) is 3.10. The molecule has 1 N–H and O–H groups in total. The molecular weight excluding hydrogens is 274 g/mol. The number of aliphatic hydroxyl groups is 1. The van der Waals surface area contributed by atoms with E-state index >= 15 is 0 Å². The topological polar surface area (TPSA) is 32.7 Å². The van der Waals surface area contributed by atoms with Crippen molar-refractivity contribution in [2.45, 2.75) is 12.5 Å². The molecule has 1 unspecified atom stereocenters. The maximum Gasteiger partial charge on any atom is 0.100 e. The highest BCUT2D eigenvalue weighted by atomic mass is 16.5. The number of hydrogen-bond donors (Lipinski definition) is 1. The fourth-order valence-corrected chi connectivity index (χ4v) is 3.10. The molecule has 3 nitrogen and oxygen atoms in total. The summed E-state index contributed by atoms with van der Waals surface area (Å²) in [6.07, 6.45) is 0. The van der Waals surface area contributed by atoms with Gasteiger partial charge >= 0.3 is 0 Å². The Balaban J connectivity index is 1.90. The summed E-state index contributed by atoms with van der Waals surface area (Å²) in [4.78, 5) is 2.27. The van der Waals surface area contributed by atoms with Crippen molar-refractivity contribution >= 4 is 0 Å². The molecule has 0 radical (unpaired) electrons. The van der Waals surface area contributed by atoms with Crippen LogP contribution in [0.15, 0.2) is 54.6 Å². The summed E-state index contributed by atoms with van der Waals surface area (Å²) >= 11 is 0. The van der Waals surface area contributed by atoms with Gasteiger partial charge in [-0.1, -0.05) is 54.6 Å². The molecule has 2 aromatic carbocycles. The quantitative estimate of drug-likeness (QED) is 0.942. The summed E-state index contributed by atoms with van der Waals surface area (Å²) in [5, 5.41) is 11.1. The van der Waals surface area contributed by atoms with Crippen LogP contribution in [0.1, 0.15) is 12.5 Å². The first-order valence-corrected chi connectivity index (χ1v) is 7.84. The molecule has 2 aromatic rings. The van der Waals surface area contributed by atoms with E-state index in [9.17, 15) is 5.11 Å². The van der Waals surface area contributed by atoms with Crippen molar-refractivity contribution < 1.29 is 9.84 Å². The van der Waals surface area contributed by atoms with Crippen molar-refractivity contribution in [3.05, 3.63) is 60.2 Å². The largest absolute Gasteiger partial charge is 0.384 e. The summed E-state index contributed by atoms with van der Waals surface area (Å²) in [7, 11) is 0. The van der Waals surface area contributed by atoms with E-state index in [-0.39, 0.29) is 0 Å². The number of nitrogens with zero attached hydrogens (tertiary/aromatic N) is 1. The molecule has 116 valence electrons. The Morgan fingerprint density at radius 2 is 1.64 bits per heavy atom. The van der Waals surface area contributed by atoms with Crippen molar-refractivity contribution in [3.8, 4) is 11.1 Å². The van der Waals surface area contributed by atoms with Crippen molar-refractivity contribution in [3.63, 3.8) is 0 Å². The molecule has 1 aliphatic heterocycles. The van der Waals surface area contributed by atoms with Gasteiger partial charge in [0.15, 0.2) is 0 Å². The fraction of sp³-hybridized carbons (Fsp3) is 0.368. The Kier molecular flexibility index (Phi) is 4.57. The van der Waals surface area contributed by atoms with Gasteiger partial charge in [0.1, 0.15) is 5.60 Å². The predicted octanol–water partition coefficient (Wildman–Crippen LogP) is 2.89. The maximum atomic E-state index is 11.1. The van der Waals surface area contributed by atoms with Gasteiger partial charge in [-0.15, -0.1) is 0 Å². The minimum atomic E-state index is -0.885. The Morgan fingerprint density at radius 1 is 1.00 bits per heavy atom. The van der Waals surface area contributed by atoms with E-state index in [0.29, 0.717) is 6.54 Å². The number of hydrogen-bond acceptors (Lipinski definition) is 3. The monoisotopic (exact) mass is 297 g/mol. The number of rotatable bonds is 4. The first-order valence-electron chi connectivity index (χ1n) is 7.84. The van der Waals surface area contributed by atoms with Crippen LogP contribution in [0.5, 0.6) is 0 Å². The zero-order valence-corrected chi connectivity index (χ0v) is 13.0. The SMILES string of the molecule is CC(O)(CN1CCOCC1)c1ccccc1-c1ccccc1. The van der Waals surface area contributed by atoms with Crippen LogP contribution in [0.4, 0.5) is 0 Å². The van der Waals surface area contributed by atoms with Gasteiger partial charge in [-0.2, -0.15) is 0 Å². The minimum Gasteiger partial charge on any atom is -0.384 e. The molecule has 1 saturated heterocycles. The van der Waals surface area contributed by atoms with Gasteiger partial charge in [-0.05, 0) is 23.6 Å². The molecule has 0 spiro atoms. The average Bonchev–Trinajstić information content (AvgIpc) is 2.56. The average molecular weight is 297 g/mol. The highest BCUT2D eigenvalue weighted by molar-refractivity contribution is 5.68. The minimum absolute atomic E-state index is 0.625. The first kappa shape index (κ1) is 15.2. The highest BCUT2D eigenvalue weighted by Crippen LogP contribution is 2.32. The Bertz CT molecular complexity index is 604. The molecule has 3 heteroatoms. The summed E-state index contributed by atoms with van der Waals surface area (Å²) in [5.41, 5.74) is 2.33. The molecule has 0 saturated carbocycles. The van der Waals surface area contributed by atoms with Gasteiger partial charge in [0.25, 0.3) is 0 Å². The number of β-amino-alcohol motifs (C(OH)–C–C–N with tert-alkyl or cyclic N) is 1. The van der Waals surface area contributed by atoms with Crippen molar-refractivity contribution in [1.82, 2.24) is 4.90 Å². The summed E-state index contributed by atoms with van der Waals surface area (Å²) in [6, 6.07) is 18.4. The first-order chi connectivity index (χ1) is 10.7. The molecule has 3 rings (SSSR count). The van der Waals surface area contributed by atoms with Crippen LogP contribution in [0, 0.1) is 0 Å².